The van der Waals surface area contributed by atoms with Crippen LogP contribution in [0.25, 0.3) is 0 Å². The second-order valence-corrected chi connectivity index (χ2v) is 7.22. The van der Waals surface area contributed by atoms with Crippen LogP contribution >= 0.6 is 0 Å². The molecule has 1 nitrogen and oxygen atoms in total. The third-order valence-corrected chi connectivity index (χ3v) is 4.62. The molecule has 0 N–H and O–H groups in total. The zero-order chi connectivity index (χ0) is 10.7. The first-order valence-electron chi connectivity index (χ1n) is 6.36. The summed E-state index contributed by atoms with van der Waals surface area (Å²) < 4.78 is 0. The lowest BCUT2D eigenvalue weighted by Crippen LogP contribution is -2.48. The quantitative estimate of drug-likeness (QED) is 0.549. The number of nitrogens with zero attached hydrogens (tertiary/aromatic N) is 1. The minimum atomic E-state index is 0.439. The highest BCUT2D eigenvalue weighted by atomic mass is 15.2. The SMILES string of the molecule is CC1(C)CC2(C)CN3CCC=CC3(C1)C2. The fourth-order valence-corrected chi connectivity index (χ4v) is 4.92. The fourth-order valence-electron chi connectivity index (χ4n) is 4.92. The summed E-state index contributed by atoms with van der Waals surface area (Å²) in [5, 5.41) is 0. The van der Waals surface area contributed by atoms with E-state index >= 15 is 0 Å². The van der Waals surface area contributed by atoms with Gasteiger partial charge in [-0.2, -0.15) is 0 Å². The van der Waals surface area contributed by atoms with Gasteiger partial charge in [0.15, 0.2) is 0 Å². The van der Waals surface area contributed by atoms with Gasteiger partial charge in [0.05, 0.1) is 0 Å². The van der Waals surface area contributed by atoms with Crippen molar-refractivity contribution in [2.75, 3.05) is 13.1 Å². The molecule has 84 valence electrons. The molecule has 3 rings (SSSR count). The number of hydrogen-bond donors (Lipinski definition) is 0. The molecule has 2 heterocycles. The molecule has 2 unspecified atom stereocenters. The first-order valence-corrected chi connectivity index (χ1v) is 6.36. The average molecular weight is 205 g/mol. The van der Waals surface area contributed by atoms with Crippen molar-refractivity contribution in [1.29, 1.82) is 0 Å². The Kier molecular flexibility index (Phi) is 1.77. The molecule has 1 saturated carbocycles. The lowest BCUT2D eigenvalue weighted by atomic mass is 9.60. The Bertz CT molecular complexity index is 317. The minimum Gasteiger partial charge on any atom is -0.293 e. The maximum absolute atomic E-state index is 2.77. The van der Waals surface area contributed by atoms with E-state index in [2.05, 4.69) is 37.8 Å². The summed E-state index contributed by atoms with van der Waals surface area (Å²) in [6.07, 6.45) is 10.4. The van der Waals surface area contributed by atoms with Gasteiger partial charge in [-0.25, -0.2) is 0 Å². The molecule has 2 fully saturated rings. The van der Waals surface area contributed by atoms with E-state index in [0.29, 0.717) is 16.4 Å². The zero-order valence-electron chi connectivity index (χ0n) is 10.3. The van der Waals surface area contributed by atoms with Crippen LogP contribution in [-0.4, -0.2) is 23.5 Å². The van der Waals surface area contributed by atoms with Crippen molar-refractivity contribution in [2.24, 2.45) is 10.8 Å². The second kappa shape index (κ2) is 2.68. The third-order valence-electron chi connectivity index (χ3n) is 4.62. The van der Waals surface area contributed by atoms with Crippen LogP contribution in [0, 0.1) is 10.8 Å². The molecule has 1 saturated heterocycles. The van der Waals surface area contributed by atoms with Gasteiger partial charge in [-0.3, -0.25) is 4.90 Å². The van der Waals surface area contributed by atoms with E-state index in [1.165, 1.54) is 38.8 Å². The lowest BCUT2D eigenvalue weighted by molar-refractivity contribution is 0.0811. The summed E-state index contributed by atoms with van der Waals surface area (Å²) in [6.45, 7) is 10.0. The summed E-state index contributed by atoms with van der Waals surface area (Å²) in [4.78, 5) is 2.77. The van der Waals surface area contributed by atoms with Crippen LogP contribution in [0.3, 0.4) is 0 Å². The normalized spacial score (nSPS) is 47.9. The summed E-state index contributed by atoms with van der Waals surface area (Å²) in [5.74, 6) is 0. The molecule has 0 amide bonds. The molecule has 1 spiro atoms. The van der Waals surface area contributed by atoms with Crippen molar-refractivity contribution in [3.63, 3.8) is 0 Å². The topological polar surface area (TPSA) is 3.24 Å². The molecule has 0 radical (unpaired) electrons. The van der Waals surface area contributed by atoms with E-state index in [1.807, 2.05) is 0 Å². The van der Waals surface area contributed by atoms with Gasteiger partial charge < -0.3 is 0 Å². The van der Waals surface area contributed by atoms with Gasteiger partial charge >= 0.3 is 0 Å². The molecule has 2 bridgehead atoms. The van der Waals surface area contributed by atoms with E-state index in [-0.39, 0.29) is 0 Å². The number of fused-ring (bicyclic) bond motifs is 1. The van der Waals surface area contributed by atoms with Gasteiger partial charge in [0.25, 0.3) is 0 Å². The first kappa shape index (κ1) is 9.89. The Morgan fingerprint density at radius 1 is 1.07 bits per heavy atom. The Hall–Kier alpha value is -0.300. The summed E-state index contributed by atoms with van der Waals surface area (Å²) >= 11 is 0. The van der Waals surface area contributed by atoms with Crippen molar-refractivity contribution >= 4 is 0 Å². The molecule has 2 aliphatic heterocycles. The summed E-state index contributed by atoms with van der Waals surface area (Å²) in [6, 6.07) is 0. The molecule has 1 aliphatic carbocycles. The van der Waals surface area contributed by atoms with Gasteiger partial charge in [-0.05, 0) is 36.5 Å². The van der Waals surface area contributed by atoms with E-state index in [0.717, 1.165) is 0 Å². The van der Waals surface area contributed by atoms with E-state index < -0.39 is 0 Å². The van der Waals surface area contributed by atoms with Crippen molar-refractivity contribution in [3.8, 4) is 0 Å². The van der Waals surface area contributed by atoms with Crippen LogP contribution in [0.2, 0.25) is 0 Å². The van der Waals surface area contributed by atoms with E-state index in [4.69, 9.17) is 0 Å². The van der Waals surface area contributed by atoms with Crippen molar-refractivity contribution in [1.82, 2.24) is 4.90 Å². The Labute approximate surface area is 93.5 Å². The average Bonchev–Trinajstić information content (AvgIpc) is 2.27. The molecule has 3 aliphatic rings. The molecule has 0 aromatic rings. The van der Waals surface area contributed by atoms with Gasteiger partial charge in [-0.15, -0.1) is 0 Å². The van der Waals surface area contributed by atoms with Crippen LogP contribution in [-0.2, 0) is 0 Å². The smallest absolute Gasteiger partial charge is 0.0402 e. The summed E-state index contributed by atoms with van der Waals surface area (Å²) in [7, 11) is 0. The van der Waals surface area contributed by atoms with E-state index in [9.17, 15) is 0 Å². The standard InChI is InChI=1S/C14H23N/c1-12(2)8-13(3)10-14(9-12)6-4-5-7-15(14)11-13/h4,6H,5,7-11H2,1-3H3. The molecule has 0 aromatic heterocycles. The number of hydrogen-bond acceptors (Lipinski definition) is 1. The molecule has 2 atom stereocenters. The van der Waals surface area contributed by atoms with Gasteiger partial charge in [-0.1, -0.05) is 32.9 Å². The summed E-state index contributed by atoms with van der Waals surface area (Å²) in [5.41, 5.74) is 1.55. The van der Waals surface area contributed by atoms with Gasteiger partial charge in [0.2, 0.25) is 0 Å². The first-order chi connectivity index (χ1) is 6.93. The highest BCUT2D eigenvalue weighted by Gasteiger charge is 2.57. The maximum atomic E-state index is 2.77. The second-order valence-electron chi connectivity index (χ2n) is 7.22. The van der Waals surface area contributed by atoms with E-state index in [1.54, 1.807) is 0 Å². The van der Waals surface area contributed by atoms with Gasteiger partial charge in [0.1, 0.15) is 0 Å². The lowest BCUT2D eigenvalue weighted by Gasteiger charge is -2.47. The maximum Gasteiger partial charge on any atom is 0.0402 e. The van der Waals surface area contributed by atoms with Crippen LogP contribution < -0.4 is 0 Å². The number of rotatable bonds is 0. The zero-order valence-corrected chi connectivity index (χ0v) is 10.3. The largest absolute Gasteiger partial charge is 0.293 e. The van der Waals surface area contributed by atoms with Crippen LogP contribution in [0.15, 0.2) is 12.2 Å². The van der Waals surface area contributed by atoms with Gasteiger partial charge in [0, 0.05) is 18.6 Å². The Morgan fingerprint density at radius 2 is 1.87 bits per heavy atom. The molecular weight excluding hydrogens is 182 g/mol. The van der Waals surface area contributed by atoms with Crippen LogP contribution in [0.1, 0.15) is 46.5 Å². The molecule has 1 heteroatoms. The Morgan fingerprint density at radius 3 is 2.67 bits per heavy atom. The highest BCUT2D eigenvalue weighted by Crippen LogP contribution is 2.58. The predicted octanol–water partition coefficient (Wildman–Crippen LogP) is 3.22. The highest BCUT2D eigenvalue weighted by molar-refractivity contribution is 5.22. The van der Waals surface area contributed by atoms with Crippen molar-refractivity contribution < 1.29 is 0 Å². The fraction of sp³-hybridized carbons (Fsp3) is 0.857. The molecule has 15 heavy (non-hydrogen) atoms. The predicted molar refractivity (Wildman–Crippen MR) is 63.8 cm³/mol. The van der Waals surface area contributed by atoms with Crippen molar-refractivity contribution in [3.05, 3.63) is 12.2 Å². The van der Waals surface area contributed by atoms with Crippen LogP contribution in [0.5, 0.6) is 0 Å². The van der Waals surface area contributed by atoms with Crippen LogP contribution in [0.4, 0.5) is 0 Å². The minimum absolute atomic E-state index is 0.439. The molecule has 0 aromatic carbocycles. The van der Waals surface area contributed by atoms with Crippen molar-refractivity contribution in [2.45, 2.75) is 52.0 Å². The molecular formula is C14H23N. The third kappa shape index (κ3) is 1.39. The monoisotopic (exact) mass is 205 g/mol. The Balaban J connectivity index is 2.03.